The number of aliphatic hydroxyl groups excluding tert-OH is 1. The number of benzene rings is 1. The molecule has 0 radical (unpaired) electrons. The van der Waals surface area contributed by atoms with Crippen LogP contribution in [-0.4, -0.2) is 24.9 Å². The lowest BCUT2D eigenvalue weighted by Gasteiger charge is -2.20. The monoisotopic (exact) mass is 269 g/mol. The average molecular weight is 269 g/mol. The van der Waals surface area contributed by atoms with Crippen LogP contribution in [0.15, 0.2) is 18.2 Å². The van der Waals surface area contributed by atoms with E-state index >= 15 is 0 Å². The van der Waals surface area contributed by atoms with Gasteiger partial charge in [0.15, 0.2) is 11.6 Å². The summed E-state index contributed by atoms with van der Waals surface area (Å²) in [6.07, 6.45) is 1.52. The molecule has 0 aliphatic rings. The lowest BCUT2D eigenvalue weighted by molar-refractivity contribution is 0.101. The molecule has 1 atom stereocenters. The van der Waals surface area contributed by atoms with E-state index in [1.807, 2.05) is 0 Å². The smallest absolute Gasteiger partial charge is 0.169 e. The second-order valence-electron chi connectivity index (χ2n) is 4.71. The van der Waals surface area contributed by atoms with E-state index in [1.54, 1.807) is 18.2 Å². The van der Waals surface area contributed by atoms with Gasteiger partial charge in [-0.3, -0.25) is 0 Å². The van der Waals surface area contributed by atoms with Crippen molar-refractivity contribution in [2.45, 2.75) is 39.3 Å². The summed E-state index contributed by atoms with van der Waals surface area (Å²) in [7, 11) is 1.45. The summed E-state index contributed by atoms with van der Waals surface area (Å²) in [5.41, 5.74) is 0.552. The average Bonchev–Trinajstić information content (AvgIpc) is 2.42. The molecule has 0 amide bonds. The van der Waals surface area contributed by atoms with Gasteiger partial charge in [-0.1, -0.05) is 38.8 Å². The van der Waals surface area contributed by atoms with Gasteiger partial charge in [-0.05, 0) is 12.0 Å². The third-order valence-corrected chi connectivity index (χ3v) is 3.53. The summed E-state index contributed by atoms with van der Waals surface area (Å²) in [6, 6.07) is 5.07. The van der Waals surface area contributed by atoms with Gasteiger partial charge in [0.2, 0.25) is 0 Å². The highest BCUT2D eigenvalue weighted by Gasteiger charge is 2.15. The van der Waals surface area contributed by atoms with Crippen molar-refractivity contribution in [3.05, 3.63) is 29.6 Å². The second-order valence-corrected chi connectivity index (χ2v) is 4.71. The molecule has 0 saturated carbocycles. The highest BCUT2D eigenvalue weighted by molar-refractivity contribution is 5.30. The largest absolute Gasteiger partial charge is 0.494 e. The first-order valence-corrected chi connectivity index (χ1v) is 6.84. The van der Waals surface area contributed by atoms with Crippen LogP contribution in [0, 0.1) is 11.7 Å². The summed E-state index contributed by atoms with van der Waals surface area (Å²) in [4.78, 5) is 0. The molecule has 1 aromatic carbocycles. The van der Waals surface area contributed by atoms with Crippen molar-refractivity contribution in [3.63, 3.8) is 0 Å². The zero-order valence-electron chi connectivity index (χ0n) is 11.9. The van der Waals surface area contributed by atoms with Crippen LogP contribution in [0.25, 0.3) is 0 Å². The van der Waals surface area contributed by atoms with Crippen LogP contribution in [0.1, 0.15) is 32.3 Å². The summed E-state index contributed by atoms with van der Waals surface area (Å²) < 4.78 is 18.8. The molecule has 108 valence electrons. The Morgan fingerprint density at radius 1 is 1.32 bits per heavy atom. The van der Waals surface area contributed by atoms with Gasteiger partial charge in [-0.15, -0.1) is 0 Å². The van der Waals surface area contributed by atoms with Crippen LogP contribution in [0.3, 0.4) is 0 Å². The molecule has 0 bridgehead atoms. The van der Waals surface area contributed by atoms with Gasteiger partial charge >= 0.3 is 0 Å². The maximum Gasteiger partial charge on any atom is 0.169 e. The van der Waals surface area contributed by atoms with Gasteiger partial charge < -0.3 is 15.2 Å². The van der Waals surface area contributed by atoms with E-state index in [2.05, 4.69) is 19.2 Å². The molecule has 0 spiro atoms. The van der Waals surface area contributed by atoms with Gasteiger partial charge in [0.05, 0.1) is 13.2 Å². The number of ether oxygens (including phenoxy) is 1. The molecular weight excluding hydrogens is 245 g/mol. The predicted octanol–water partition coefficient (Wildman–Crippen LogP) is 2.72. The number of rotatable bonds is 8. The Bertz CT molecular complexity index is 380. The standard InChI is InChI=1S/C15H24FNO2/c1-4-11(5-2)13(18)10-17-9-12-7-6-8-14(19-3)15(12)16/h6-8,11,13,17-18H,4-5,9-10H2,1-3H3. The first-order chi connectivity index (χ1) is 9.13. The zero-order valence-corrected chi connectivity index (χ0v) is 11.9. The molecule has 0 heterocycles. The Kier molecular flexibility index (Phi) is 6.81. The zero-order chi connectivity index (χ0) is 14.3. The fraction of sp³-hybridized carbons (Fsp3) is 0.600. The minimum Gasteiger partial charge on any atom is -0.494 e. The van der Waals surface area contributed by atoms with Gasteiger partial charge in [-0.2, -0.15) is 0 Å². The Labute approximate surface area is 114 Å². The first-order valence-electron chi connectivity index (χ1n) is 6.84. The molecule has 19 heavy (non-hydrogen) atoms. The molecule has 0 aromatic heterocycles. The molecule has 0 fully saturated rings. The van der Waals surface area contributed by atoms with Crippen LogP contribution in [0.2, 0.25) is 0 Å². The van der Waals surface area contributed by atoms with E-state index in [-0.39, 0.29) is 17.7 Å². The normalized spacial score (nSPS) is 12.7. The SMILES string of the molecule is CCC(CC)C(O)CNCc1cccc(OC)c1F. The lowest BCUT2D eigenvalue weighted by atomic mass is 9.96. The van der Waals surface area contributed by atoms with Crippen molar-refractivity contribution in [1.82, 2.24) is 5.32 Å². The second kappa shape index (κ2) is 8.12. The number of hydrogen-bond acceptors (Lipinski definition) is 3. The van der Waals surface area contributed by atoms with Crippen LogP contribution < -0.4 is 10.1 Å². The van der Waals surface area contributed by atoms with Crippen molar-refractivity contribution in [2.24, 2.45) is 5.92 Å². The molecule has 0 aliphatic heterocycles. The summed E-state index contributed by atoms with van der Waals surface area (Å²) >= 11 is 0. The third kappa shape index (κ3) is 4.48. The Balaban J connectivity index is 2.49. The maximum absolute atomic E-state index is 13.9. The van der Waals surface area contributed by atoms with Crippen molar-refractivity contribution in [2.75, 3.05) is 13.7 Å². The van der Waals surface area contributed by atoms with Gasteiger partial charge in [-0.25, -0.2) is 4.39 Å². The van der Waals surface area contributed by atoms with E-state index in [0.717, 1.165) is 12.8 Å². The van der Waals surface area contributed by atoms with E-state index < -0.39 is 0 Å². The van der Waals surface area contributed by atoms with E-state index in [0.29, 0.717) is 24.6 Å². The van der Waals surface area contributed by atoms with Gasteiger partial charge in [0.1, 0.15) is 0 Å². The maximum atomic E-state index is 13.9. The topological polar surface area (TPSA) is 41.5 Å². The third-order valence-electron chi connectivity index (χ3n) is 3.53. The highest BCUT2D eigenvalue weighted by Crippen LogP contribution is 2.19. The van der Waals surface area contributed by atoms with E-state index in [9.17, 15) is 9.50 Å². The van der Waals surface area contributed by atoms with Crippen molar-refractivity contribution in [1.29, 1.82) is 0 Å². The fourth-order valence-electron chi connectivity index (χ4n) is 2.20. The molecule has 1 rings (SSSR count). The van der Waals surface area contributed by atoms with Crippen molar-refractivity contribution < 1.29 is 14.2 Å². The predicted molar refractivity (Wildman–Crippen MR) is 74.7 cm³/mol. The number of aliphatic hydroxyl groups is 1. The first kappa shape index (κ1) is 15.9. The molecule has 2 N–H and O–H groups in total. The van der Waals surface area contributed by atoms with E-state index in [4.69, 9.17) is 4.74 Å². The molecule has 3 nitrogen and oxygen atoms in total. The quantitative estimate of drug-likeness (QED) is 0.762. The number of hydrogen-bond donors (Lipinski definition) is 2. The minimum absolute atomic E-state index is 0.250. The van der Waals surface area contributed by atoms with Crippen LogP contribution in [0.4, 0.5) is 4.39 Å². The molecule has 0 saturated heterocycles. The lowest BCUT2D eigenvalue weighted by Crippen LogP contribution is -2.32. The molecule has 0 aliphatic carbocycles. The molecule has 1 aromatic rings. The van der Waals surface area contributed by atoms with Crippen LogP contribution in [0.5, 0.6) is 5.75 Å². The minimum atomic E-state index is -0.385. The summed E-state index contributed by atoms with van der Waals surface area (Å²) in [5, 5.41) is 13.1. The van der Waals surface area contributed by atoms with E-state index in [1.165, 1.54) is 7.11 Å². The van der Waals surface area contributed by atoms with Crippen LogP contribution in [-0.2, 0) is 6.54 Å². The van der Waals surface area contributed by atoms with Gasteiger partial charge in [0.25, 0.3) is 0 Å². The Morgan fingerprint density at radius 3 is 2.58 bits per heavy atom. The molecule has 1 unspecified atom stereocenters. The Morgan fingerprint density at radius 2 is 2.00 bits per heavy atom. The number of halogens is 1. The molecule has 4 heteroatoms. The fourth-order valence-corrected chi connectivity index (χ4v) is 2.20. The van der Waals surface area contributed by atoms with Crippen molar-refractivity contribution >= 4 is 0 Å². The highest BCUT2D eigenvalue weighted by atomic mass is 19.1. The number of nitrogens with one attached hydrogen (secondary N) is 1. The number of methoxy groups -OCH3 is 1. The van der Waals surface area contributed by atoms with Gasteiger partial charge in [0, 0.05) is 18.7 Å². The summed E-state index contributed by atoms with van der Waals surface area (Å²) in [6.45, 7) is 5.00. The van der Waals surface area contributed by atoms with Crippen LogP contribution >= 0.6 is 0 Å². The Hall–Kier alpha value is -1.13. The molecular formula is C15H24FNO2. The summed E-state index contributed by atoms with van der Waals surface area (Å²) in [5.74, 6) is 0.206. The van der Waals surface area contributed by atoms with Crippen molar-refractivity contribution in [3.8, 4) is 5.75 Å².